The molecule has 3 rings (SSSR count). The number of ether oxygens (including phenoxy) is 1. The van der Waals surface area contributed by atoms with Crippen molar-refractivity contribution in [3.63, 3.8) is 0 Å². The van der Waals surface area contributed by atoms with Crippen LogP contribution in [0.5, 0.6) is 11.5 Å². The first kappa shape index (κ1) is 19.1. The van der Waals surface area contributed by atoms with E-state index in [-0.39, 0.29) is 0 Å². The highest BCUT2D eigenvalue weighted by atomic mass is 32.2. The van der Waals surface area contributed by atoms with Crippen molar-refractivity contribution in [3.8, 4) is 17.6 Å². The molecule has 1 N–H and O–H groups in total. The van der Waals surface area contributed by atoms with Gasteiger partial charge in [0.2, 0.25) is 5.60 Å². The van der Waals surface area contributed by atoms with Gasteiger partial charge in [-0.3, -0.25) is 0 Å². The molecule has 11 heteroatoms. The van der Waals surface area contributed by atoms with Gasteiger partial charge in [-0.25, -0.2) is 17.2 Å². The fourth-order valence-corrected chi connectivity index (χ4v) is 4.66. The summed E-state index contributed by atoms with van der Waals surface area (Å²) in [6.07, 6.45) is -5.40. The first-order valence-electron chi connectivity index (χ1n) is 7.12. The van der Waals surface area contributed by atoms with Gasteiger partial charge in [0.15, 0.2) is 9.84 Å². The minimum atomic E-state index is -5.40. The van der Waals surface area contributed by atoms with E-state index in [0.717, 1.165) is 12.1 Å². The highest BCUT2D eigenvalue weighted by molar-refractivity contribution is 7.91. The molecule has 0 aliphatic carbocycles. The number of benzene rings is 2. The van der Waals surface area contributed by atoms with E-state index in [2.05, 4.69) is 0 Å². The van der Waals surface area contributed by atoms with Crippen molar-refractivity contribution < 1.29 is 40.2 Å². The normalized spacial score (nSPS) is 20.8. The Morgan fingerprint density at radius 1 is 1.15 bits per heavy atom. The van der Waals surface area contributed by atoms with Crippen molar-refractivity contribution in [1.29, 1.82) is 5.26 Å². The molecular formula is C16H8F5NO4S. The summed E-state index contributed by atoms with van der Waals surface area (Å²) in [5, 5.41) is 19.4. The van der Waals surface area contributed by atoms with Crippen LogP contribution in [-0.4, -0.2) is 25.5 Å². The Bertz CT molecular complexity index is 1070. The average molecular weight is 405 g/mol. The van der Waals surface area contributed by atoms with Gasteiger partial charge in [0.1, 0.15) is 34.8 Å². The standard InChI is InChI=1S/C16H8F5NO4S/c17-8-3-9(18)5-10(4-8)26-12-1-2-13-14(11(12)6-22)15(23,16(19,20)21)7-27(13,24)25/h1-5,23H,7H2/t15-/m0/s1. The van der Waals surface area contributed by atoms with Crippen molar-refractivity contribution in [3.05, 3.63) is 53.1 Å². The second kappa shape index (κ2) is 5.90. The minimum absolute atomic E-state index is 0.472. The Hall–Kier alpha value is -2.71. The minimum Gasteiger partial charge on any atom is -0.456 e. The molecule has 0 aromatic heterocycles. The number of fused-ring (bicyclic) bond motifs is 1. The summed E-state index contributed by atoms with van der Waals surface area (Å²) in [6, 6.07) is 4.93. The van der Waals surface area contributed by atoms with Crippen LogP contribution in [0.3, 0.4) is 0 Å². The number of hydrogen-bond acceptors (Lipinski definition) is 5. The molecule has 0 radical (unpaired) electrons. The van der Waals surface area contributed by atoms with E-state index in [1.54, 1.807) is 0 Å². The summed E-state index contributed by atoms with van der Waals surface area (Å²) >= 11 is 0. The van der Waals surface area contributed by atoms with E-state index in [1.165, 1.54) is 6.07 Å². The molecule has 142 valence electrons. The van der Waals surface area contributed by atoms with Gasteiger partial charge in [0, 0.05) is 23.8 Å². The van der Waals surface area contributed by atoms with Gasteiger partial charge in [-0.1, -0.05) is 0 Å². The summed E-state index contributed by atoms with van der Waals surface area (Å²) in [5.41, 5.74) is -5.90. The lowest BCUT2D eigenvalue weighted by Gasteiger charge is -2.26. The SMILES string of the molecule is N#Cc1c(Oc2cc(F)cc(F)c2)ccc2c1[C@](O)(C(F)(F)F)CS2(=O)=O. The Morgan fingerprint density at radius 3 is 2.26 bits per heavy atom. The quantitative estimate of drug-likeness (QED) is 0.776. The van der Waals surface area contributed by atoms with Gasteiger partial charge >= 0.3 is 6.18 Å². The number of nitrogens with zero attached hydrogens (tertiary/aromatic N) is 1. The van der Waals surface area contributed by atoms with Gasteiger partial charge in [0.25, 0.3) is 0 Å². The van der Waals surface area contributed by atoms with Gasteiger partial charge in [-0.2, -0.15) is 18.4 Å². The molecule has 0 saturated heterocycles. The Morgan fingerprint density at radius 2 is 1.74 bits per heavy atom. The molecule has 5 nitrogen and oxygen atoms in total. The van der Waals surface area contributed by atoms with Gasteiger partial charge in [0.05, 0.1) is 10.6 Å². The van der Waals surface area contributed by atoms with Crippen LogP contribution in [0.25, 0.3) is 0 Å². The highest BCUT2D eigenvalue weighted by Crippen LogP contribution is 2.51. The van der Waals surface area contributed by atoms with Crippen molar-refractivity contribution >= 4 is 9.84 Å². The number of nitriles is 1. The third kappa shape index (κ3) is 3.00. The topological polar surface area (TPSA) is 87.4 Å². The number of sulfone groups is 1. The summed E-state index contributed by atoms with van der Waals surface area (Å²) in [4.78, 5) is -0.864. The lowest BCUT2D eigenvalue weighted by molar-refractivity contribution is -0.256. The van der Waals surface area contributed by atoms with E-state index in [9.17, 15) is 40.7 Å². The highest BCUT2D eigenvalue weighted by Gasteiger charge is 2.64. The molecule has 1 aliphatic heterocycles. The predicted molar refractivity (Wildman–Crippen MR) is 79.6 cm³/mol. The van der Waals surface area contributed by atoms with Crippen molar-refractivity contribution in [1.82, 2.24) is 0 Å². The Balaban J connectivity index is 2.24. The third-order valence-electron chi connectivity index (χ3n) is 3.92. The molecule has 2 aromatic rings. The van der Waals surface area contributed by atoms with Gasteiger partial charge in [-0.15, -0.1) is 0 Å². The third-order valence-corrected chi connectivity index (χ3v) is 5.73. The molecule has 2 aromatic carbocycles. The van der Waals surface area contributed by atoms with Gasteiger partial charge in [-0.05, 0) is 12.1 Å². The molecule has 0 amide bonds. The fourth-order valence-electron chi connectivity index (χ4n) is 2.79. The largest absolute Gasteiger partial charge is 0.456 e. The van der Waals surface area contributed by atoms with E-state index in [0.29, 0.717) is 18.2 Å². The maximum atomic E-state index is 13.4. The summed E-state index contributed by atoms with van der Waals surface area (Å²) < 4.78 is 95.8. The average Bonchev–Trinajstić information content (AvgIpc) is 2.73. The smallest absolute Gasteiger partial charge is 0.422 e. The fraction of sp³-hybridized carbons (Fsp3) is 0.188. The van der Waals surface area contributed by atoms with Crippen LogP contribution in [0.15, 0.2) is 35.2 Å². The van der Waals surface area contributed by atoms with Crippen LogP contribution >= 0.6 is 0 Å². The lowest BCUT2D eigenvalue weighted by atomic mass is 9.91. The maximum absolute atomic E-state index is 13.4. The number of hydrogen-bond donors (Lipinski definition) is 1. The van der Waals surface area contributed by atoms with E-state index >= 15 is 0 Å². The maximum Gasteiger partial charge on any atom is 0.422 e. The number of aliphatic hydroxyl groups is 1. The number of rotatable bonds is 2. The monoisotopic (exact) mass is 405 g/mol. The van der Waals surface area contributed by atoms with Crippen LogP contribution in [0.2, 0.25) is 0 Å². The summed E-state index contributed by atoms with van der Waals surface area (Å²) in [7, 11) is -4.53. The van der Waals surface area contributed by atoms with Crippen molar-refractivity contribution in [2.45, 2.75) is 16.7 Å². The van der Waals surface area contributed by atoms with E-state index in [1.807, 2.05) is 0 Å². The lowest BCUT2D eigenvalue weighted by Crippen LogP contribution is -2.44. The second-order valence-electron chi connectivity index (χ2n) is 5.75. The molecule has 0 saturated carbocycles. The van der Waals surface area contributed by atoms with Crippen LogP contribution in [0.4, 0.5) is 22.0 Å². The second-order valence-corrected chi connectivity index (χ2v) is 7.71. The molecule has 0 fully saturated rings. The molecular weight excluding hydrogens is 397 g/mol. The zero-order valence-corrected chi connectivity index (χ0v) is 13.8. The first-order chi connectivity index (χ1) is 12.4. The Kier molecular flexibility index (Phi) is 4.16. The summed E-state index contributed by atoms with van der Waals surface area (Å²) in [6.45, 7) is 0. The predicted octanol–water partition coefficient (Wildman–Crippen LogP) is 3.17. The molecule has 0 bridgehead atoms. The van der Waals surface area contributed by atoms with Crippen LogP contribution < -0.4 is 4.74 Å². The first-order valence-corrected chi connectivity index (χ1v) is 8.78. The molecule has 1 aliphatic rings. The zero-order chi connectivity index (χ0) is 20.2. The molecule has 1 atom stereocenters. The van der Waals surface area contributed by atoms with Crippen molar-refractivity contribution in [2.24, 2.45) is 0 Å². The van der Waals surface area contributed by atoms with Crippen LogP contribution in [0, 0.1) is 23.0 Å². The van der Waals surface area contributed by atoms with Crippen LogP contribution in [-0.2, 0) is 15.4 Å². The van der Waals surface area contributed by atoms with Crippen molar-refractivity contribution in [2.75, 3.05) is 5.75 Å². The van der Waals surface area contributed by atoms with E-state index < -0.39 is 66.5 Å². The number of halogens is 5. The van der Waals surface area contributed by atoms with Crippen LogP contribution in [0.1, 0.15) is 11.1 Å². The molecule has 0 spiro atoms. The summed E-state index contributed by atoms with van der Waals surface area (Å²) in [5.74, 6) is -4.84. The Labute approximate surface area is 149 Å². The molecule has 27 heavy (non-hydrogen) atoms. The number of alkyl halides is 3. The zero-order valence-electron chi connectivity index (χ0n) is 13.0. The van der Waals surface area contributed by atoms with Gasteiger partial charge < -0.3 is 9.84 Å². The van der Waals surface area contributed by atoms with E-state index in [4.69, 9.17) is 4.74 Å². The molecule has 1 heterocycles. The molecule has 0 unspecified atom stereocenters.